The maximum Gasteiger partial charge on any atom is 0.227 e. The summed E-state index contributed by atoms with van der Waals surface area (Å²) >= 11 is 0. The standard InChI is InChI=1S/C13H10N2O2/c16-9-12(17)10-5-1-2-6-11(10)15-13-7-3-4-8-14-13/h1-9H,(H,14,15). The molecule has 1 heterocycles. The van der Waals surface area contributed by atoms with Gasteiger partial charge in [0.2, 0.25) is 5.78 Å². The van der Waals surface area contributed by atoms with Crippen molar-refractivity contribution in [3.8, 4) is 0 Å². The monoisotopic (exact) mass is 226 g/mol. The lowest BCUT2D eigenvalue weighted by Crippen LogP contribution is -2.05. The van der Waals surface area contributed by atoms with Crippen LogP contribution < -0.4 is 5.32 Å². The molecular weight excluding hydrogens is 216 g/mol. The molecule has 17 heavy (non-hydrogen) atoms. The predicted octanol–water partition coefficient (Wildman–Crippen LogP) is 2.21. The van der Waals surface area contributed by atoms with Gasteiger partial charge in [-0.05, 0) is 24.3 Å². The first-order valence-corrected chi connectivity index (χ1v) is 5.08. The van der Waals surface area contributed by atoms with Crippen LogP contribution in [-0.4, -0.2) is 17.1 Å². The summed E-state index contributed by atoms with van der Waals surface area (Å²) in [5, 5.41) is 3.00. The van der Waals surface area contributed by atoms with Crippen molar-refractivity contribution in [3.05, 3.63) is 54.2 Å². The lowest BCUT2D eigenvalue weighted by Gasteiger charge is -2.08. The normalized spacial score (nSPS) is 9.65. The molecule has 0 spiro atoms. The highest BCUT2D eigenvalue weighted by Gasteiger charge is 2.09. The molecule has 0 aliphatic carbocycles. The fourth-order valence-electron chi connectivity index (χ4n) is 1.45. The van der Waals surface area contributed by atoms with Gasteiger partial charge < -0.3 is 5.32 Å². The third kappa shape index (κ3) is 2.55. The molecule has 0 unspecified atom stereocenters. The number of aldehydes is 1. The Balaban J connectivity index is 2.33. The second-order valence-corrected chi connectivity index (χ2v) is 3.37. The number of aromatic nitrogens is 1. The quantitative estimate of drug-likeness (QED) is 0.493. The Morgan fingerprint density at radius 2 is 1.88 bits per heavy atom. The molecule has 0 atom stereocenters. The second-order valence-electron chi connectivity index (χ2n) is 3.37. The van der Waals surface area contributed by atoms with Crippen molar-refractivity contribution < 1.29 is 9.59 Å². The molecule has 2 aromatic rings. The summed E-state index contributed by atoms with van der Waals surface area (Å²) in [6.45, 7) is 0. The Hall–Kier alpha value is -2.49. The van der Waals surface area contributed by atoms with Gasteiger partial charge in [-0.1, -0.05) is 18.2 Å². The molecule has 0 amide bonds. The number of hydrogen-bond acceptors (Lipinski definition) is 4. The van der Waals surface area contributed by atoms with Crippen molar-refractivity contribution in [2.24, 2.45) is 0 Å². The Morgan fingerprint density at radius 1 is 1.12 bits per heavy atom. The molecule has 0 saturated heterocycles. The third-order valence-electron chi connectivity index (χ3n) is 2.23. The number of Topliss-reactive ketones (excluding diaryl/α,β-unsaturated/α-hetero) is 1. The zero-order valence-electron chi connectivity index (χ0n) is 8.96. The number of rotatable bonds is 4. The molecule has 0 aliphatic rings. The molecule has 1 N–H and O–H groups in total. The number of para-hydroxylation sites is 1. The predicted molar refractivity (Wildman–Crippen MR) is 64.4 cm³/mol. The van der Waals surface area contributed by atoms with Crippen LogP contribution in [0.15, 0.2) is 48.7 Å². The van der Waals surface area contributed by atoms with Crippen molar-refractivity contribution in [1.29, 1.82) is 0 Å². The van der Waals surface area contributed by atoms with Crippen LogP contribution in [0.25, 0.3) is 0 Å². The van der Waals surface area contributed by atoms with Crippen LogP contribution in [0, 0.1) is 0 Å². The SMILES string of the molecule is O=CC(=O)c1ccccc1Nc1ccccn1. The van der Waals surface area contributed by atoms with Gasteiger partial charge in [-0.15, -0.1) is 0 Å². The van der Waals surface area contributed by atoms with E-state index in [0.29, 0.717) is 23.4 Å². The molecule has 2 rings (SSSR count). The fraction of sp³-hybridized carbons (Fsp3) is 0. The second kappa shape index (κ2) is 5.03. The van der Waals surface area contributed by atoms with Crippen LogP contribution in [-0.2, 0) is 4.79 Å². The maximum absolute atomic E-state index is 11.4. The van der Waals surface area contributed by atoms with E-state index in [-0.39, 0.29) is 0 Å². The smallest absolute Gasteiger partial charge is 0.227 e. The number of anilines is 2. The Labute approximate surface area is 98.3 Å². The van der Waals surface area contributed by atoms with Crippen LogP contribution in [0.4, 0.5) is 11.5 Å². The number of hydrogen-bond donors (Lipinski definition) is 1. The van der Waals surface area contributed by atoms with Gasteiger partial charge in [0.15, 0.2) is 6.29 Å². The number of carbonyl (C=O) groups is 2. The summed E-state index contributed by atoms with van der Waals surface area (Å²) < 4.78 is 0. The van der Waals surface area contributed by atoms with Gasteiger partial charge in [0.05, 0.1) is 5.69 Å². The van der Waals surface area contributed by atoms with Crippen molar-refractivity contribution in [2.45, 2.75) is 0 Å². The summed E-state index contributed by atoms with van der Waals surface area (Å²) in [5.41, 5.74) is 0.913. The highest BCUT2D eigenvalue weighted by molar-refractivity contribution is 6.34. The minimum atomic E-state index is -0.552. The average Bonchev–Trinajstić information content (AvgIpc) is 2.40. The van der Waals surface area contributed by atoms with Gasteiger partial charge in [-0.25, -0.2) is 4.98 Å². The molecule has 1 aromatic heterocycles. The van der Waals surface area contributed by atoms with Gasteiger partial charge in [0, 0.05) is 11.8 Å². The van der Waals surface area contributed by atoms with Crippen LogP contribution >= 0.6 is 0 Å². The van der Waals surface area contributed by atoms with Crippen LogP contribution in [0.2, 0.25) is 0 Å². The van der Waals surface area contributed by atoms with Crippen molar-refractivity contribution in [3.63, 3.8) is 0 Å². The van der Waals surface area contributed by atoms with E-state index in [1.807, 2.05) is 6.07 Å². The molecule has 0 aliphatic heterocycles. The number of pyridine rings is 1. The van der Waals surface area contributed by atoms with Gasteiger partial charge in [0.1, 0.15) is 5.82 Å². The first-order chi connectivity index (χ1) is 8.31. The zero-order chi connectivity index (χ0) is 12.1. The van der Waals surface area contributed by atoms with E-state index in [9.17, 15) is 9.59 Å². The number of benzene rings is 1. The van der Waals surface area contributed by atoms with Crippen molar-refractivity contribution in [1.82, 2.24) is 4.98 Å². The Bertz CT molecular complexity index is 538. The topological polar surface area (TPSA) is 59.1 Å². The van der Waals surface area contributed by atoms with Crippen molar-refractivity contribution in [2.75, 3.05) is 5.32 Å². The largest absolute Gasteiger partial charge is 0.340 e. The number of carbonyl (C=O) groups excluding carboxylic acids is 2. The summed E-state index contributed by atoms with van der Waals surface area (Å²) in [6, 6.07) is 12.2. The number of nitrogens with one attached hydrogen (secondary N) is 1. The van der Waals surface area contributed by atoms with E-state index in [1.54, 1.807) is 42.6 Å². The summed E-state index contributed by atoms with van der Waals surface area (Å²) in [6.07, 6.45) is 1.95. The van der Waals surface area contributed by atoms with Gasteiger partial charge >= 0.3 is 0 Å². The van der Waals surface area contributed by atoms with Crippen LogP contribution in [0.5, 0.6) is 0 Å². The molecule has 0 radical (unpaired) electrons. The van der Waals surface area contributed by atoms with Gasteiger partial charge in [0.25, 0.3) is 0 Å². The van der Waals surface area contributed by atoms with E-state index < -0.39 is 5.78 Å². The molecule has 84 valence electrons. The van der Waals surface area contributed by atoms with Gasteiger partial charge in [-0.2, -0.15) is 0 Å². The number of ketones is 1. The molecule has 0 bridgehead atoms. The lowest BCUT2D eigenvalue weighted by molar-refractivity contribution is -0.104. The molecule has 4 heteroatoms. The summed E-state index contributed by atoms with van der Waals surface area (Å²) in [5.74, 6) is 0.0719. The molecule has 4 nitrogen and oxygen atoms in total. The minimum absolute atomic E-state index is 0.304. The highest BCUT2D eigenvalue weighted by atomic mass is 16.2. The molecule has 0 saturated carbocycles. The Kier molecular flexibility index (Phi) is 3.25. The van der Waals surface area contributed by atoms with Gasteiger partial charge in [-0.3, -0.25) is 9.59 Å². The summed E-state index contributed by atoms with van der Waals surface area (Å²) in [4.78, 5) is 26.0. The van der Waals surface area contributed by atoms with Crippen LogP contribution in [0.1, 0.15) is 10.4 Å². The van der Waals surface area contributed by atoms with Crippen LogP contribution in [0.3, 0.4) is 0 Å². The first kappa shape index (κ1) is 11.0. The third-order valence-corrected chi connectivity index (χ3v) is 2.23. The molecular formula is C13H10N2O2. The first-order valence-electron chi connectivity index (χ1n) is 5.08. The highest BCUT2D eigenvalue weighted by Crippen LogP contribution is 2.19. The van der Waals surface area contributed by atoms with E-state index in [0.717, 1.165) is 0 Å². The van der Waals surface area contributed by atoms with Crippen molar-refractivity contribution >= 4 is 23.6 Å². The lowest BCUT2D eigenvalue weighted by atomic mass is 10.1. The molecule has 0 fully saturated rings. The zero-order valence-corrected chi connectivity index (χ0v) is 8.96. The van der Waals surface area contributed by atoms with E-state index in [1.165, 1.54) is 0 Å². The molecule has 1 aromatic carbocycles. The number of nitrogens with zero attached hydrogens (tertiary/aromatic N) is 1. The maximum atomic E-state index is 11.4. The van der Waals surface area contributed by atoms with E-state index in [4.69, 9.17) is 0 Å². The minimum Gasteiger partial charge on any atom is -0.340 e. The van der Waals surface area contributed by atoms with E-state index >= 15 is 0 Å². The van der Waals surface area contributed by atoms with E-state index in [2.05, 4.69) is 10.3 Å². The fourth-order valence-corrected chi connectivity index (χ4v) is 1.45. The average molecular weight is 226 g/mol. The summed E-state index contributed by atoms with van der Waals surface area (Å²) in [7, 11) is 0. The Morgan fingerprint density at radius 3 is 2.59 bits per heavy atom.